The minimum atomic E-state index is 0.651. The average Bonchev–Trinajstić information content (AvgIpc) is 2.40. The quantitative estimate of drug-likeness (QED) is 0.837. The molecule has 1 aromatic heterocycles. The molecule has 2 N–H and O–H groups in total. The molecular formula is C14H17N3O. The number of rotatable bonds is 4. The fraction of sp³-hybridized carbons (Fsp3) is 0.214. The molecule has 0 spiro atoms. The summed E-state index contributed by atoms with van der Waals surface area (Å²) < 4.78 is 5.22. The van der Waals surface area contributed by atoms with Crippen molar-refractivity contribution in [3.05, 3.63) is 48.3 Å². The number of hydrogen-bond acceptors (Lipinski definition) is 4. The van der Waals surface area contributed by atoms with E-state index in [-0.39, 0.29) is 0 Å². The van der Waals surface area contributed by atoms with E-state index in [9.17, 15) is 0 Å². The number of hydrogen-bond donors (Lipinski definition) is 1. The fourth-order valence-corrected chi connectivity index (χ4v) is 1.79. The summed E-state index contributed by atoms with van der Waals surface area (Å²) >= 11 is 0. The molecule has 0 aliphatic carbocycles. The van der Waals surface area contributed by atoms with Crippen molar-refractivity contribution in [2.24, 2.45) is 0 Å². The Morgan fingerprint density at radius 1 is 1.22 bits per heavy atom. The third-order valence-corrected chi connectivity index (χ3v) is 2.83. The molecule has 4 heteroatoms. The third kappa shape index (κ3) is 2.71. The van der Waals surface area contributed by atoms with Crippen LogP contribution in [0.3, 0.4) is 0 Å². The van der Waals surface area contributed by atoms with E-state index in [1.165, 1.54) is 5.56 Å². The summed E-state index contributed by atoms with van der Waals surface area (Å²) in [7, 11) is 3.66. The highest BCUT2D eigenvalue weighted by Gasteiger charge is 2.05. The fourth-order valence-electron chi connectivity index (χ4n) is 1.79. The van der Waals surface area contributed by atoms with Gasteiger partial charge < -0.3 is 15.4 Å². The van der Waals surface area contributed by atoms with E-state index in [1.807, 2.05) is 37.4 Å². The molecule has 0 saturated heterocycles. The van der Waals surface area contributed by atoms with Crippen molar-refractivity contribution in [3.63, 3.8) is 0 Å². The number of anilines is 2. The molecule has 2 rings (SSSR count). The first-order chi connectivity index (χ1) is 8.70. The summed E-state index contributed by atoms with van der Waals surface area (Å²) in [6.07, 6.45) is 3.60. The normalized spacial score (nSPS) is 10.1. The molecule has 0 aliphatic rings. The standard InChI is InChI=1S/C14H17N3O/c1-17(10-11-5-7-16-8-6-11)12-3-4-13(15)14(9-12)18-2/h3-9H,10,15H2,1-2H3. The van der Waals surface area contributed by atoms with Gasteiger partial charge in [0.05, 0.1) is 12.8 Å². The highest BCUT2D eigenvalue weighted by molar-refractivity contribution is 5.62. The van der Waals surface area contributed by atoms with Crippen LogP contribution in [0.2, 0.25) is 0 Å². The van der Waals surface area contributed by atoms with Crippen LogP contribution in [0, 0.1) is 0 Å². The minimum Gasteiger partial charge on any atom is -0.495 e. The van der Waals surface area contributed by atoms with Crippen LogP contribution >= 0.6 is 0 Å². The van der Waals surface area contributed by atoms with E-state index >= 15 is 0 Å². The lowest BCUT2D eigenvalue weighted by atomic mass is 10.2. The molecule has 18 heavy (non-hydrogen) atoms. The van der Waals surface area contributed by atoms with E-state index in [1.54, 1.807) is 19.5 Å². The lowest BCUT2D eigenvalue weighted by molar-refractivity contribution is 0.417. The predicted molar refractivity (Wildman–Crippen MR) is 73.8 cm³/mol. The zero-order valence-corrected chi connectivity index (χ0v) is 10.6. The molecule has 0 saturated carbocycles. The van der Waals surface area contributed by atoms with Gasteiger partial charge in [-0.1, -0.05) is 0 Å². The van der Waals surface area contributed by atoms with Gasteiger partial charge >= 0.3 is 0 Å². The van der Waals surface area contributed by atoms with Crippen molar-refractivity contribution >= 4 is 11.4 Å². The second-order valence-electron chi connectivity index (χ2n) is 4.14. The molecule has 0 fully saturated rings. The predicted octanol–water partition coefficient (Wildman–Crippen LogP) is 2.31. The van der Waals surface area contributed by atoms with E-state index in [2.05, 4.69) is 9.88 Å². The third-order valence-electron chi connectivity index (χ3n) is 2.83. The Morgan fingerprint density at radius 3 is 2.61 bits per heavy atom. The Bertz CT molecular complexity index is 514. The van der Waals surface area contributed by atoms with Gasteiger partial charge in [-0.25, -0.2) is 0 Å². The number of nitrogens with zero attached hydrogens (tertiary/aromatic N) is 2. The maximum atomic E-state index is 5.80. The Labute approximate surface area is 107 Å². The maximum Gasteiger partial charge on any atom is 0.143 e. The first-order valence-electron chi connectivity index (χ1n) is 5.74. The molecule has 0 amide bonds. The summed E-state index contributed by atoms with van der Waals surface area (Å²) in [4.78, 5) is 6.15. The highest BCUT2D eigenvalue weighted by atomic mass is 16.5. The van der Waals surface area contributed by atoms with Crippen LogP contribution < -0.4 is 15.4 Å². The lowest BCUT2D eigenvalue weighted by Crippen LogP contribution is -2.16. The van der Waals surface area contributed by atoms with Gasteiger partial charge in [0.25, 0.3) is 0 Å². The largest absolute Gasteiger partial charge is 0.495 e. The van der Waals surface area contributed by atoms with Crippen molar-refractivity contribution in [1.29, 1.82) is 0 Å². The van der Waals surface area contributed by atoms with E-state index < -0.39 is 0 Å². The SMILES string of the molecule is COc1cc(N(C)Cc2ccncc2)ccc1N. The Hall–Kier alpha value is -2.23. The van der Waals surface area contributed by atoms with Crippen LogP contribution in [0.5, 0.6) is 5.75 Å². The van der Waals surface area contributed by atoms with Gasteiger partial charge in [0, 0.05) is 37.7 Å². The molecule has 0 atom stereocenters. The van der Waals surface area contributed by atoms with Crippen molar-refractivity contribution in [3.8, 4) is 5.75 Å². The number of benzene rings is 1. The molecule has 1 aromatic carbocycles. The van der Waals surface area contributed by atoms with Crippen LogP contribution in [0.15, 0.2) is 42.7 Å². The molecule has 1 heterocycles. The van der Waals surface area contributed by atoms with Crippen LogP contribution in [0.1, 0.15) is 5.56 Å². The minimum absolute atomic E-state index is 0.651. The monoisotopic (exact) mass is 243 g/mol. The van der Waals surface area contributed by atoms with E-state index in [0.717, 1.165) is 12.2 Å². The first-order valence-corrected chi connectivity index (χ1v) is 5.74. The second kappa shape index (κ2) is 5.40. The van der Waals surface area contributed by atoms with Crippen molar-refractivity contribution < 1.29 is 4.74 Å². The van der Waals surface area contributed by atoms with Crippen LogP contribution in [0.4, 0.5) is 11.4 Å². The van der Waals surface area contributed by atoms with Gasteiger partial charge in [0.1, 0.15) is 5.75 Å². The zero-order valence-electron chi connectivity index (χ0n) is 10.6. The van der Waals surface area contributed by atoms with Crippen LogP contribution in [0.25, 0.3) is 0 Å². The molecule has 0 unspecified atom stereocenters. The number of nitrogen functional groups attached to an aromatic ring is 1. The lowest BCUT2D eigenvalue weighted by Gasteiger charge is -2.20. The molecule has 0 bridgehead atoms. The summed E-state index contributed by atoms with van der Waals surface area (Å²) in [5.41, 5.74) is 8.73. The molecule has 4 nitrogen and oxygen atoms in total. The first kappa shape index (κ1) is 12.2. The van der Waals surface area contributed by atoms with Gasteiger partial charge in [-0.05, 0) is 29.8 Å². The summed E-state index contributed by atoms with van der Waals surface area (Å²) in [6, 6.07) is 9.79. The Balaban J connectivity index is 2.16. The topological polar surface area (TPSA) is 51.4 Å². The Morgan fingerprint density at radius 2 is 1.94 bits per heavy atom. The van der Waals surface area contributed by atoms with Crippen LogP contribution in [-0.2, 0) is 6.54 Å². The number of pyridine rings is 1. The van der Waals surface area contributed by atoms with E-state index in [4.69, 9.17) is 10.5 Å². The number of ether oxygens (including phenoxy) is 1. The highest BCUT2D eigenvalue weighted by Crippen LogP contribution is 2.27. The number of nitrogens with two attached hydrogens (primary N) is 1. The van der Waals surface area contributed by atoms with Gasteiger partial charge in [-0.15, -0.1) is 0 Å². The molecule has 0 radical (unpaired) electrons. The van der Waals surface area contributed by atoms with E-state index in [0.29, 0.717) is 11.4 Å². The van der Waals surface area contributed by atoms with Gasteiger partial charge in [-0.2, -0.15) is 0 Å². The van der Waals surface area contributed by atoms with Crippen molar-refractivity contribution in [1.82, 2.24) is 4.98 Å². The molecule has 0 aliphatic heterocycles. The second-order valence-corrected chi connectivity index (χ2v) is 4.14. The van der Waals surface area contributed by atoms with Gasteiger partial charge in [0.2, 0.25) is 0 Å². The van der Waals surface area contributed by atoms with Crippen LogP contribution in [-0.4, -0.2) is 19.1 Å². The Kier molecular flexibility index (Phi) is 3.67. The molecular weight excluding hydrogens is 226 g/mol. The molecule has 94 valence electrons. The average molecular weight is 243 g/mol. The summed E-state index contributed by atoms with van der Waals surface area (Å²) in [5.74, 6) is 0.703. The number of aromatic nitrogens is 1. The van der Waals surface area contributed by atoms with Crippen molar-refractivity contribution in [2.75, 3.05) is 24.8 Å². The zero-order chi connectivity index (χ0) is 13.0. The van der Waals surface area contributed by atoms with Gasteiger partial charge in [0.15, 0.2) is 0 Å². The maximum absolute atomic E-state index is 5.80. The summed E-state index contributed by atoms with van der Waals surface area (Å²) in [6.45, 7) is 0.815. The smallest absolute Gasteiger partial charge is 0.143 e. The van der Waals surface area contributed by atoms with Crippen molar-refractivity contribution in [2.45, 2.75) is 6.54 Å². The molecule has 2 aromatic rings. The summed E-state index contributed by atoms with van der Waals surface area (Å²) in [5, 5.41) is 0. The number of methoxy groups -OCH3 is 1. The van der Waals surface area contributed by atoms with Gasteiger partial charge in [-0.3, -0.25) is 4.98 Å².